The van der Waals surface area contributed by atoms with Crippen molar-refractivity contribution in [1.82, 2.24) is 9.62 Å². The number of benzene rings is 1. The number of halogens is 1. The molecule has 0 aliphatic carbocycles. The van der Waals surface area contributed by atoms with Crippen molar-refractivity contribution in [2.45, 2.75) is 31.2 Å². The molecule has 1 amide bonds. The average Bonchev–Trinajstić information content (AvgIpc) is 2.35. The van der Waals surface area contributed by atoms with Crippen LogP contribution in [0.2, 0.25) is 0 Å². The van der Waals surface area contributed by atoms with Crippen LogP contribution in [0.4, 0.5) is 0 Å². The van der Waals surface area contributed by atoms with Gasteiger partial charge >= 0.3 is 0 Å². The van der Waals surface area contributed by atoms with Gasteiger partial charge in [0, 0.05) is 17.6 Å². The van der Waals surface area contributed by atoms with Crippen LogP contribution in [0, 0.1) is 6.92 Å². The van der Waals surface area contributed by atoms with Crippen LogP contribution in [0.3, 0.4) is 0 Å². The summed E-state index contributed by atoms with van der Waals surface area (Å²) in [6, 6.07) is 5.11. The predicted molar refractivity (Wildman–Crippen MR) is 79.9 cm³/mol. The topological polar surface area (TPSA) is 66.5 Å². The van der Waals surface area contributed by atoms with Gasteiger partial charge in [-0.15, -0.1) is 0 Å². The molecule has 5 nitrogen and oxygen atoms in total. The van der Waals surface area contributed by atoms with Gasteiger partial charge in [-0.3, -0.25) is 4.79 Å². The van der Waals surface area contributed by atoms with Crippen LogP contribution in [-0.2, 0) is 14.8 Å². The molecule has 0 unspecified atom stereocenters. The van der Waals surface area contributed by atoms with E-state index >= 15 is 0 Å². The maximum Gasteiger partial charge on any atom is 0.244 e. The molecule has 1 aromatic rings. The molecule has 1 heterocycles. The SMILES string of the molecule is Cc1ccc(Br)cc1S(=O)(=O)N1CCNC(=O)C1(C)C. The lowest BCUT2D eigenvalue weighted by atomic mass is 10.0. The molecule has 0 aromatic heterocycles. The lowest BCUT2D eigenvalue weighted by Crippen LogP contribution is -2.63. The Morgan fingerprint density at radius 1 is 1.35 bits per heavy atom. The van der Waals surface area contributed by atoms with Gasteiger partial charge in [-0.2, -0.15) is 4.31 Å². The highest BCUT2D eigenvalue weighted by atomic mass is 79.9. The standard InChI is InChI=1S/C13H17BrN2O3S/c1-9-4-5-10(14)8-11(9)20(18,19)16-7-6-15-12(17)13(16,2)3/h4-5,8H,6-7H2,1-3H3,(H,15,17). The van der Waals surface area contributed by atoms with Crippen LogP contribution in [0.5, 0.6) is 0 Å². The van der Waals surface area contributed by atoms with Gasteiger partial charge in [0.15, 0.2) is 0 Å². The molecule has 1 aliphatic heterocycles. The molecular formula is C13H17BrN2O3S. The van der Waals surface area contributed by atoms with Crippen molar-refractivity contribution in [1.29, 1.82) is 0 Å². The van der Waals surface area contributed by atoms with E-state index in [1.807, 2.05) is 0 Å². The number of piperazine rings is 1. The van der Waals surface area contributed by atoms with Crippen LogP contribution in [0.25, 0.3) is 0 Å². The highest BCUT2D eigenvalue weighted by Gasteiger charge is 2.45. The molecular weight excluding hydrogens is 344 g/mol. The second-order valence-electron chi connectivity index (χ2n) is 5.30. The predicted octanol–water partition coefficient (Wildman–Crippen LogP) is 1.66. The minimum absolute atomic E-state index is 0.231. The number of rotatable bonds is 2. The molecule has 2 rings (SSSR count). The first-order valence-corrected chi connectivity index (χ1v) is 8.48. The van der Waals surface area contributed by atoms with Crippen molar-refractivity contribution in [2.24, 2.45) is 0 Å². The van der Waals surface area contributed by atoms with Crippen molar-refractivity contribution in [3.8, 4) is 0 Å². The third-order valence-corrected chi connectivity index (χ3v) is 6.21. The molecule has 0 radical (unpaired) electrons. The molecule has 1 N–H and O–H groups in total. The van der Waals surface area contributed by atoms with Crippen molar-refractivity contribution in [3.05, 3.63) is 28.2 Å². The van der Waals surface area contributed by atoms with Gasteiger partial charge in [-0.25, -0.2) is 8.42 Å². The molecule has 20 heavy (non-hydrogen) atoms. The molecule has 1 aliphatic rings. The number of carbonyl (C=O) groups excluding carboxylic acids is 1. The van der Waals surface area contributed by atoms with Gasteiger partial charge in [-0.1, -0.05) is 22.0 Å². The number of aryl methyl sites for hydroxylation is 1. The number of nitrogens with zero attached hydrogens (tertiary/aromatic N) is 1. The normalized spacial score (nSPS) is 19.7. The van der Waals surface area contributed by atoms with Crippen LogP contribution in [0.15, 0.2) is 27.6 Å². The molecule has 0 spiro atoms. The lowest BCUT2D eigenvalue weighted by molar-refractivity contribution is -0.131. The summed E-state index contributed by atoms with van der Waals surface area (Å²) in [7, 11) is -3.71. The molecule has 1 fully saturated rings. The summed E-state index contributed by atoms with van der Waals surface area (Å²) in [6.45, 7) is 5.58. The molecule has 0 saturated carbocycles. The molecule has 0 bridgehead atoms. The smallest absolute Gasteiger partial charge is 0.244 e. The number of carbonyl (C=O) groups is 1. The quantitative estimate of drug-likeness (QED) is 0.871. The number of nitrogens with one attached hydrogen (secondary N) is 1. The summed E-state index contributed by atoms with van der Waals surface area (Å²) in [5, 5.41) is 2.70. The highest BCUT2D eigenvalue weighted by molar-refractivity contribution is 9.10. The minimum Gasteiger partial charge on any atom is -0.353 e. The van der Waals surface area contributed by atoms with Crippen molar-refractivity contribution in [2.75, 3.05) is 13.1 Å². The van der Waals surface area contributed by atoms with E-state index in [9.17, 15) is 13.2 Å². The van der Waals surface area contributed by atoms with Crippen molar-refractivity contribution in [3.63, 3.8) is 0 Å². The van der Waals surface area contributed by atoms with E-state index in [0.29, 0.717) is 16.6 Å². The fourth-order valence-corrected chi connectivity index (χ4v) is 4.79. The minimum atomic E-state index is -3.71. The third kappa shape index (κ3) is 2.49. The van der Waals surface area contributed by atoms with E-state index in [0.717, 1.165) is 0 Å². The summed E-state index contributed by atoms with van der Waals surface area (Å²) < 4.78 is 27.7. The molecule has 110 valence electrons. The Balaban J connectivity index is 2.55. The molecule has 0 atom stereocenters. The van der Waals surface area contributed by atoms with Gasteiger partial charge < -0.3 is 5.32 Å². The Labute approximate surface area is 127 Å². The Morgan fingerprint density at radius 2 is 2.00 bits per heavy atom. The first-order valence-electron chi connectivity index (χ1n) is 6.24. The summed E-state index contributed by atoms with van der Waals surface area (Å²) in [4.78, 5) is 12.2. The van der Waals surface area contributed by atoms with Crippen LogP contribution < -0.4 is 5.32 Å². The first-order chi connectivity index (χ1) is 9.17. The van der Waals surface area contributed by atoms with Crippen LogP contribution in [0.1, 0.15) is 19.4 Å². The molecule has 1 saturated heterocycles. The van der Waals surface area contributed by atoms with Gasteiger partial charge in [-0.05, 0) is 38.5 Å². The van der Waals surface area contributed by atoms with Crippen molar-refractivity contribution < 1.29 is 13.2 Å². The average molecular weight is 361 g/mol. The van der Waals surface area contributed by atoms with Crippen LogP contribution >= 0.6 is 15.9 Å². The summed E-state index contributed by atoms with van der Waals surface area (Å²) in [6.07, 6.45) is 0. The number of hydrogen-bond acceptors (Lipinski definition) is 3. The number of sulfonamides is 1. The van der Waals surface area contributed by atoms with E-state index in [-0.39, 0.29) is 17.3 Å². The maximum absolute atomic E-state index is 12.8. The first kappa shape index (κ1) is 15.5. The second-order valence-corrected chi connectivity index (χ2v) is 8.05. The second kappa shape index (κ2) is 5.13. The van der Waals surface area contributed by atoms with Crippen molar-refractivity contribution >= 4 is 31.9 Å². The zero-order valence-electron chi connectivity index (χ0n) is 11.6. The number of hydrogen-bond donors (Lipinski definition) is 1. The van der Waals surface area contributed by atoms with Gasteiger partial charge in [0.1, 0.15) is 5.54 Å². The monoisotopic (exact) mass is 360 g/mol. The van der Waals surface area contributed by atoms with E-state index in [4.69, 9.17) is 0 Å². The fraction of sp³-hybridized carbons (Fsp3) is 0.462. The maximum atomic E-state index is 12.8. The number of amides is 1. The summed E-state index contributed by atoms with van der Waals surface area (Å²) >= 11 is 3.29. The van der Waals surface area contributed by atoms with E-state index in [1.165, 1.54) is 4.31 Å². The lowest BCUT2D eigenvalue weighted by Gasteiger charge is -2.40. The Hall–Kier alpha value is -0.920. The molecule has 7 heteroatoms. The van der Waals surface area contributed by atoms with E-state index in [2.05, 4.69) is 21.2 Å². The zero-order chi connectivity index (χ0) is 15.1. The summed E-state index contributed by atoms with van der Waals surface area (Å²) in [5.41, 5.74) is -0.429. The van der Waals surface area contributed by atoms with Gasteiger partial charge in [0.05, 0.1) is 4.90 Å². The highest BCUT2D eigenvalue weighted by Crippen LogP contribution is 2.29. The molecule has 1 aromatic carbocycles. The Kier molecular flexibility index (Phi) is 3.96. The Morgan fingerprint density at radius 3 is 2.65 bits per heavy atom. The third-order valence-electron chi connectivity index (χ3n) is 3.50. The summed E-state index contributed by atoms with van der Waals surface area (Å²) in [5.74, 6) is -0.278. The van der Waals surface area contributed by atoms with Gasteiger partial charge in [0.25, 0.3) is 0 Å². The van der Waals surface area contributed by atoms with Gasteiger partial charge in [0.2, 0.25) is 15.9 Å². The largest absolute Gasteiger partial charge is 0.353 e. The zero-order valence-corrected chi connectivity index (χ0v) is 14.0. The fourth-order valence-electron chi connectivity index (χ4n) is 2.27. The van der Waals surface area contributed by atoms with E-state index in [1.54, 1.807) is 39.0 Å². The Bertz CT molecular complexity index is 656. The van der Waals surface area contributed by atoms with Crippen LogP contribution in [-0.4, -0.2) is 37.3 Å². The van der Waals surface area contributed by atoms with E-state index < -0.39 is 15.6 Å².